The summed E-state index contributed by atoms with van der Waals surface area (Å²) >= 11 is 0. The Morgan fingerprint density at radius 2 is 2.06 bits per heavy atom. The Hall–Kier alpha value is -0.120. The molecule has 2 rings (SSSR count). The van der Waals surface area contributed by atoms with E-state index in [9.17, 15) is 0 Å². The van der Waals surface area contributed by atoms with Crippen LogP contribution in [0, 0.1) is 0 Å². The van der Waals surface area contributed by atoms with Gasteiger partial charge in [0.1, 0.15) is 5.72 Å². The highest BCUT2D eigenvalue weighted by atomic mass is 16.5. The van der Waals surface area contributed by atoms with Gasteiger partial charge in [-0.3, -0.25) is 10.2 Å². The van der Waals surface area contributed by atoms with Crippen molar-refractivity contribution in [2.75, 3.05) is 13.1 Å². The van der Waals surface area contributed by atoms with Gasteiger partial charge in [-0.1, -0.05) is 0 Å². The van der Waals surface area contributed by atoms with E-state index >= 15 is 0 Å². The Morgan fingerprint density at radius 3 is 2.59 bits per heavy atom. The van der Waals surface area contributed by atoms with Gasteiger partial charge in [-0.25, -0.2) is 0 Å². The molecule has 1 N–H and O–H groups in total. The maximum absolute atomic E-state index is 6.19. The average Bonchev–Trinajstić information content (AvgIpc) is 2.71. The first kappa shape index (κ1) is 13.3. The zero-order chi connectivity index (χ0) is 12.7. The first-order valence-electron chi connectivity index (χ1n) is 7.02. The van der Waals surface area contributed by atoms with Gasteiger partial charge in [0, 0.05) is 25.0 Å². The van der Waals surface area contributed by atoms with Crippen LogP contribution in [-0.4, -0.2) is 41.4 Å². The largest absolute Gasteiger partial charge is 0.354 e. The normalized spacial score (nSPS) is 38.1. The van der Waals surface area contributed by atoms with Gasteiger partial charge >= 0.3 is 0 Å². The van der Waals surface area contributed by atoms with E-state index in [0.29, 0.717) is 12.1 Å². The highest BCUT2D eigenvalue weighted by Crippen LogP contribution is 2.33. The fourth-order valence-electron chi connectivity index (χ4n) is 3.40. The van der Waals surface area contributed by atoms with E-state index in [1.54, 1.807) is 0 Å². The van der Waals surface area contributed by atoms with E-state index in [-0.39, 0.29) is 11.3 Å². The molecule has 2 saturated heterocycles. The summed E-state index contributed by atoms with van der Waals surface area (Å²) < 4.78 is 6.19. The molecule has 0 radical (unpaired) electrons. The zero-order valence-electron chi connectivity index (χ0n) is 12.0. The number of nitrogens with zero attached hydrogens (tertiary/aromatic N) is 1. The van der Waals surface area contributed by atoms with Crippen LogP contribution < -0.4 is 5.32 Å². The second-order valence-electron chi connectivity index (χ2n) is 6.78. The smallest absolute Gasteiger partial charge is 0.118 e. The second kappa shape index (κ2) is 4.52. The van der Waals surface area contributed by atoms with Gasteiger partial charge in [-0.05, 0) is 54.0 Å². The first-order chi connectivity index (χ1) is 7.81. The van der Waals surface area contributed by atoms with E-state index in [1.165, 1.54) is 19.4 Å². The molecular weight excluding hydrogens is 212 g/mol. The molecule has 0 aromatic heterocycles. The molecule has 0 spiro atoms. The minimum atomic E-state index is -0.133. The van der Waals surface area contributed by atoms with Crippen LogP contribution in [-0.2, 0) is 4.74 Å². The van der Waals surface area contributed by atoms with E-state index in [1.807, 2.05) is 0 Å². The van der Waals surface area contributed by atoms with Gasteiger partial charge in [0.2, 0.25) is 0 Å². The number of hydrogen-bond donors (Lipinski definition) is 1. The summed E-state index contributed by atoms with van der Waals surface area (Å²) in [6.45, 7) is 13.3. The highest BCUT2D eigenvalue weighted by molar-refractivity contribution is 4.94. The summed E-state index contributed by atoms with van der Waals surface area (Å²) in [6, 6.07) is 1.34. The van der Waals surface area contributed by atoms with Crippen molar-refractivity contribution < 1.29 is 4.74 Å². The molecule has 0 aliphatic carbocycles. The maximum atomic E-state index is 6.19. The van der Waals surface area contributed by atoms with Crippen LogP contribution in [0.25, 0.3) is 0 Å². The van der Waals surface area contributed by atoms with Gasteiger partial charge in [-0.2, -0.15) is 0 Å². The average molecular weight is 240 g/mol. The van der Waals surface area contributed by atoms with Crippen LogP contribution in [0.3, 0.4) is 0 Å². The molecule has 0 saturated carbocycles. The maximum Gasteiger partial charge on any atom is 0.118 e. The predicted octanol–water partition coefficient (Wildman–Crippen LogP) is 2.36. The summed E-state index contributed by atoms with van der Waals surface area (Å²) in [5.74, 6) is 0. The molecule has 0 aromatic rings. The molecule has 3 nitrogen and oxygen atoms in total. The predicted molar refractivity (Wildman–Crippen MR) is 71.1 cm³/mol. The monoisotopic (exact) mass is 240 g/mol. The summed E-state index contributed by atoms with van der Waals surface area (Å²) in [5.41, 5.74) is -0.151. The summed E-state index contributed by atoms with van der Waals surface area (Å²) in [4.78, 5) is 2.63. The highest BCUT2D eigenvalue weighted by Gasteiger charge is 2.43. The molecule has 0 aromatic carbocycles. The standard InChI is InChI=1S/C14H28N2O/c1-11(2)16-8-6-7-12(16)9-14(5)15-10-13(3,4)17-14/h11-12,15H,6-10H2,1-5H3. The molecule has 2 aliphatic heterocycles. The molecule has 2 unspecified atom stereocenters. The van der Waals surface area contributed by atoms with Crippen molar-refractivity contribution in [2.24, 2.45) is 0 Å². The molecule has 2 atom stereocenters. The van der Waals surface area contributed by atoms with Crippen molar-refractivity contribution in [1.29, 1.82) is 0 Å². The van der Waals surface area contributed by atoms with E-state index in [2.05, 4.69) is 44.8 Å². The van der Waals surface area contributed by atoms with Gasteiger partial charge in [0.05, 0.1) is 5.60 Å². The summed E-state index contributed by atoms with van der Waals surface area (Å²) in [5, 5.41) is 3.56. The lowest BCUT2D eigenvalue weighted by atomic mass is 10.0. The van der Waals surface area contributed by atoms with Crippen LogP contribution in [0.15, 0.2) is 0 Å². The summed E-state index contributed by atoms with van der Waals surface area (Å²) in [6.07, 6.45) is 3.76. The fourth-order valence-corrected chi connectivity index (χ4v) is 3.40. The number of rotatable bonds is 3. The first-order valence-corrected chi connectivity index (χ1v) is 7.02. The number of nitrogens with one attached hydrogen (secondary N) is 1. The minimum Gasteiger partial charge on any atom is -0.354 e. The van der Waals surface area contributed by atoms with Crippen LogP contribution in [0.4, 0.5) is 0 Å². The Morgan fingerprint density at radius 1 is 1.35 bits per heavy atom. The lowest BCUT2D eigenvalue weighted by molar-refractivity contribution is -0.0932. The minimum absolute atomic E-state index is 0.0178. The van der Waals surface area contributed by atoms with Crippen molar-refractivity contribution in [1.82, 2.24) is 10.2 Å². The van der Waals surface area contributed by atoms with Gasteiger partial charge in [0.25, 0.3) is 0 Å². The number of ether oxygens (including phenoxy) is 1. The van der Waals surface area contributed by atoms with Crippen LogP contribution in [0.5, 0.6) is 0 Å². The van der Waals surface area contributed by atoms with E-state index < -0.39 is 0 Å². The zero-order valence-corrected chi connectivity index (χ0v) is 12.0. The quantitative estimate of drug-likeness (QED) is 0.819. The molecule has 0 amide bonds. The molecule has 3 heteroatoms. The molecule has 2 aliphatic rings. The Labute approximate surface area is 106 Å². The van der Waals surface area contributed by atoms with Crippen LogP contribution in [0.1, 0.15) is 53.9 Å². The lowest BCUT2D eigenvalue weighted by Crippen LogP contribution is -2.46. The Kier molecular flexibility index (Phi) is 3.54. The Balaban J connectivity index is 1.97. The van der Waals surface area contributed by atoms with Crippen molar-refractivity contribution in [3.05, 3.63) is 0 Å². The van der Waals surface area contributed by atoms with Gasteiger partial charge in [-0.15, -0.1) is 0 Å². The number of hydrogen-bond acceptors (Lipinski definition) is 3. The summed E-state index contributed by atoms with van der Waals surface area (Å²) in [7, 11) is 0. The van der Waals surface area contributed by atoms with Crippen LogP contribution in [0.2, 0.25) is 0 Å². The van der Waals surface area contributed by atoms with Crippen molar-refractivity contribution in [2.45, 2.75) is 77.3 Å². The third-order valence-corrected chi connectivity index (χ3v) is 4.10. The molecule has 0 bridgehead atoms. The third-order valence-electron chi connectivity index (χ3n) is 4.10. The topological polar surface area (TPSA) is 24.5 Å². The van der Waals surface area contributed by atoms with Crippen molar-refractivity contribution in [3.8, 4) is 0 Å². The van der Waals surface area contributed by atoms with Crippen molar-refractivity contribution in [3.63, 3.8) is 0 Å². The van der Waals surface area contributed by atoms with Crippen LogP contribution >= 0.6 is 0 Å². The molecule has 17 heavy (non-hydrogen) atoms. The second-order valence-corrected chi connectivity index (χ2v) is 6.78. The third kappa shape index (κ3) is 3.01. The van der Waals surface area contributed by atoms with Gasteiger partial charge in [0.15, 0.2) is 0 Å². The van der Waals surface area contributed by atoms with E-state index in [0.717, 1.165) is 13.0 Å². The molecule has 100 valence electrons. The Bertz CT molecular complexity index is 277. The molecule has 2 heterocycles. The SMILES string of the molecule is CC(C)N1CCCC1CC1(C)NCC(C)(C)O1. The van der Waals surface area contributed by atoms with E-state index in [4.69, 9.17) is 4.74 Å². The fraction of sp³-hybridized carbons (Fsp3) is 1.00. The van der Waals surface area contributed by atoms with Crippen molar-refractivity contribution >= 4 is 0 Å². The molecule has 2 fully saturated rings. The molecular formula is C14H28N2O. The number of likely N-dealkylation sites (tertiary alicyclic amines) is 1. The van der Waals surface area contributed by atoms with Gasteiger partial charge < -0.3 is 4.74 Å². The lowest BCUT2D eigenvalue weighted by Gasteiger charge is -2.35.